The molecule has 20 heavy (non-hydrogen) atoms. The maximum absolute atomic E-state index is 4.72. The van der Waals surface area contributed by atoms with Crippen molar-refractivity contribution in [1.82, 2.24) is 20.1 Å². The SMILES string of the molecule is Cc1nonc1CN(C)Cc1ccc(CN(C)C)cc1. The Kier molecular flexibility index (Phi) is 4.87. The average molecular weight is 274 g/mol. The van der Waals surface area contributed by atoms with Crippen molar-refractivity contribution in [1.29, 1.82) is 0 Å². The van der Waals surface area contributed by atoms with Gasteiger partial charge < -0.3 is 4.90 Å². The molecule has 2 aromatic rings. The van der Waals surface area contributed by atoms with Gasteiger partial charge in [-0.1, -0.05) is 34.6 Å². The second kappa shape index (κ2) is 6.63. The fraction of sp³-hybridized carbons (Fsp3) is 0.467. The number of hydrogen-bond acceptors (Lipinski definition) is 5. The first kappa shape index (κ1) is 14.7. The smallest absolute Gasteiger partial charge is 0.122 e. The van der Waals surface area contributed by atoms with E-state index in [4.69, 9.17) is 4.63 Å². The zero-order valence-corrected chi connectivity index (χ0v) is 12.6. The van der Waals surface area contributed by atoms with Crippen molar-refractivity contribution in [3.63, 3.8) is 0 Å². The van der Waals surface area contributed by atoms with Gasteiger partial charge in [-0.25, -0.2) is 4.63 Å². The lowest BCUT2D eigenvalue weighted by molar-refractivity contribution is 0.279. The summed E-state index contributed by atoms with van der Waals surface area (Å²) in [4.78, 5) is 4.37. The molecule has 5 heteroatoms. The number of rotatable bonds is 6. The van der Waals surface area contributed by atoms with Gasteiger partial charge in [0.1, 0.15) is 11.4 Å². The summed E-state index contributed by atoms with van der Waals surface area (Å²) in [6, 6.07) is 8.74. The van der Waals surface area contributed by atoms with Crippen LogP contribution in [0.15, 0.2) is 28.9 Å². The third-order valence-electron chi connectivity index (χ3n) is 3.14. The van der Waals surface area contributed by atoms with Crippen LogP contribution in [0, 0.1) is 6.92 Å². The molecule has 0 amide bonds. The Morgan fingerprint density at radius 1 is 0.900 bits per heavy atom. The van der Waals surface area contributed by atoms with Crippen LogP contribution < -0.4 is 0 Å². The number of nitrogens with zero attached hydrogens (tertiary/aromatic N) is 4. The Morgan fingerprint density at radius 3 is 2.00 bits per heavy atom. The highest BCUT2D eigenvalue weighted by Gasteiger charge is 2.09. The highest BCUT2D eigenvalue weighted by molar-refractivity contribution is 5.22. The molecule has 0 saturated heterocycles. The summed E-state index contributed by atoms with van der Waals surface area (Å²) in [5.74, 6) is 0. The molecule has 5 nitrogen and oxygen atoms in total. The molecule has 1 heterocycles. The van der Waals surface area contributed by atoms with Crippen LogP contribution in [0.25, 0.3) is 0 Å². The third kappa shape index (κ3) is 4.15. The molecule has 0 radical (unpaired) electrons. The maximum Gasteiger partial charge on any atom is 0.122 e. The van der Waals surface area contributed by atoms with Crippen LogP contribution in [-0.2, 0) is 19.6 Å². The summed E-state index contributed by atoms with van der Waals surface area (Å²) in [6.07, 6.45) is 0. The molecule has 0 atom stereocenters. The highest BCUT2D eigenvalue weighted by atomic mass is 16.6. The topological polar surface area (TPSA) is 45.4 Å². The van der Waals surface area contributed by atoms with E-state index >= 15 is 0 Å². The second-order valence-electron chi connectivity index (χ2n) is 5.52. The fourth-order valence-corrected chi connectivity index (χ4v) is 2.13. The van der Waals surface area contributed by atoms with Gasteiger partial charge >= 0.3 is 0 Å². The highest BCUT2D eigenvalue weighted by Crippen LogP contribution is 2.11. The Bertz CT molecular complexity index is 533. The number of aryl methyl sites for hydroxylation is 1. The Balaban J connectivity index is 1.91. The van der Waals surface area contributed by atoms with Gasteiger partial charge in [0.15, 0.2) is 0 Å². The fourth-order valence-electron chi connectivity index (χ4n) is 2.13. The molecular formula is C15H22N4O. The van der Waals surface area contributed by atoms with Crippen LogP contribution in [0.2, 0.25) is 0 Å². The minimum absolute atomic E-state index is 0.745. The van der Waals surface area contributed by atoms with E-state index in [1.807, 2.05) is 6.92 Å². The van der Waals surface area contributed by atoms with E-state index in [1.54, 1.807) is 0 Å². The molecule has 0 unspecified atom stereocenters. The molecular weight excluding hydrogens is 252 g/mol. The summed E-state index contributed by atoms with van der Waals surface area (Å²) >= 11 is 0. The van der Waals surface area contributed by atoms with Crippen LogP contribution in [0.4, 0.5) is 0 Å². The first-order valence-electron chi connectivity index (χ1n) is 6.73. The van der Waals surface area contributed by atoms with Crippen molar-refractivity contribution in [2.24, 2.45) is 0 Å². The van der Waals surface area contributed by atoms with Gasteiger partial charge in [0.2, 0.25) is 0 Å². The second-order valence-corrected chi connectivity index (χ2v) is 5.52. The lowest BCUT2D eigenvalue weighted by atomic mass is 10.1. The summed E-state index contributed by atoms with van der Waals surface area (Å²) in [6.45, 7) is 4.51. The van der Waals surface area contributed by atoms with Crippen molar-refractivity contribution in [2.75, 3.05) is 21.1 Å². The van der Waals surface area contributed by atoms with Gasteiger partial charge in [-0.2, -0.15) is 0 Å². The summed E-state index contributed by atoms with van der Waals surface area (Å²) < 4.78 is 4.72. The van der Waals surface area contributed by atoms with E-state index in [0.717, 1.165) is 31.0 Å². The van der Waals surface area contributed by atoms with E-state index in [1.165, 1.54) is 11.1 Å². The van der Waals surface area contributed by atoms with Crippen molar-refractivity contribution in [2.45, 2.75) is 26.6 Å². The lowest BCUT2D eigenvalue weighted by Crippen LogP contribution is -2.18. The first-order valence-corrected chi connectivity index (χ1v) is 6.73. The minimum Gasteiger partial charge on any atom is -0.305 e. The van der Waals surface area contributed by atoms with Crippen molar-refractivity contribution >= 4 is 0 Å². The van der Waals surface area contributed by atoms with E-state index < -0.39 is 0 Å². The largest absolute Gasteiger partial charge is 0.305 e. The zero-order valence-electron chi connectivity index (χ0n) is 12.6. The average Bonchev–Trinajstić information content (AvgIpc) is 2.77. The molecule has 2 rings (SSSR count). The molecule has 0 spiro atoms. The molecule has 0 aliphatic heterocycles. The van der Waals surface area contributed by atoms with Crippen molar-refractivity contribution < 1.29 is 4.63 Å². The normalized spacial score (nSPS) is 11.5. The molecule has 0 saturated carbocycles. The van der Waals surface area contributed by atoms with Crippen molar-refractivity contribution in [3.05, 3.63) is 46.8 Å². The third-order valence-corrected chi connectivity index (χ3v) is 3.14. The van der Waals surface area contributed by atoms with Crippen LogP contribution in [-0.4, -0.2) is 41.3 Å². The van der Waals surface area contributed by atoms with Gasteiger partial charge in [0.05, 0.1) is 0 Å². The maximum atomic E-state index is 4.72. The van der Waals surface area contributed by atoms with Gasteiger partial charge in [0, 0.05) is 19.6 Å². The van der Waals surface area contributed by atoms with E-state index in [9.17, 15) is 0 Å². The van der Waals surface area contributed by atoms with Gasteiger partial charge in [-0.3, -0.25) is 4.90 Å². The molecule has 0 bridgehead atoms. The van der Waals surface area contributed by atoms with Crippen molar-refractivity contribution in [3.8, 4) is 0 Å². The van der Waals surface area contributed by atoms with Crippen LogP contribution in [0.3, 0.4) is 0 Å². The van der Waals surface area contributed by atoms with E-state index in [-0.39, 0.29) is 0 Å². The summed E-state index contributed by atoms with van der Waals surface area (Å²) in [5, 5.41) is 7.71. The molecule has 108 valence electrons. The van der Waals surface area contributed by atoms with E-state index in [0.29, 0.717) is 0 Å². The number of aromatic nitrogens is 2. The Labute approximate surface area is 120 Å². The van der Waals surface area contributed by atoms with Gasteiger partial charge in [0.25, 0.3) is 0 Å². The predicted octanol–water partition coefficient (Wildman–Crippen LogP) is 2.07. The number of hydrogen-bond donors (Lipinski definition) is 0. The molecule has 1 aromatic heterocycles. The molecule has 0 aliphatic carbocycles. The molecule has 0 fully saturated rings. The molecule has 0 aliphatic rings. The molecule has 1 aromatic carbocycles. The monoisotopic (exact) mass is 274 g/mol. The standard InChI is InChI=1S/C15H22N4O/c1-12-15(17-20-16-12)11-19(4)10-14-7-5-13(6-8-14)9-18(2)3/h5-8H,9-11H2,1-4H3. The minimum atomic E-state index is 0.745. The van der Waals surface area contributed by atoms with Crippen LogP contribution in [0.1, 0.15) is 22.5 Å². The van der Waals surface area contributed by atoms with Crippen LogP contribution in [0.5, 0.6) is 0 Å². The van der Waals surface area contributed by atoms with Gasteiger partial charge in [-0.15, -0.1) is 0 Å². The van der Waals surface area contributed by atoms with E-state index in [2.05, 4.69) is 65.5 Å². The Morgan fingerprint density at radius 2 is 1.50 bits per heavy atom. The Hall–Kier alpha value is -1.72. The van der Waals surface area contributed by atoms with Gasteiger partial charge in [-0.05, 0) is 39.2 Å². The summed E-state index contributed by atoms with van der Waals surface area (Å²) in [7, 11) is 6.23. The van der Waals surface area contributed by atoms with Crippen LogP contribution >= 0.6 is 0 Å². The first-order chi connectivity index (χ1) is 9.54. The molecule has 0 N–H and O–H groups in total. The quantitative estimate of drug-likeness (QED) is 0.807. The zero-order chi connectivity index (χ0) is 14.5. The predicted molar refractivity (Wildman–Crippen MR) is 78.0 cm³/mol. The number of benzene rings is 1. The summed E-state index contributed by atoms with van der Waals surface area (Å²) in [5.41, 5.74) is 4.39. The lowest BCUT2D eigenvalue weighted by Gasteiger charge is -2.16.